The van der Waals surface area contributed by atoms with E-state index in [1.807, 2.05) is 37.3 Å². The minimum atomic E-state index is -0.0770. The van der Waals surface area contributed by atoms with E-state index < -0.39 is 0 Å². The Hall–Kier alpha value is -1.43. The van der Waals surface area contributed by atoms with E-state index in [9.17, 15) is 4.79 Å². The van der Waals surface area contributed by atoms with Crippen LogP contribution in [0.5, 0.6) is 0 Å². The summed E-state index contributed by atoms with van der Waals surface area (Å²) in [4.78, 5) is 17.1. The first-order valence-corrected chi connectivity index (χ1v) is 7.79. The van der Waals surface area contributed by atoms with Gasteiger partial charge in [0.05, 0.1) is 6.04 Å². The second-order valence-corrected chi connectivity index (χ2v) is 5.92. The van der Waals surface area contributed by atoms with Gasteiger partial charge < -0.3 is 10.6 Å². The van der Waals surface area contributed by atoms with Crippen molar-refractivity contribution in [3.05, 3.63) is 30.3 Å². The van der Waals surface area contributed by atoms with Gasteiger partial charge in [0.1, 0.15) is 0 Å². The third-order valence-corrected chi connectivity index (χ3v) is 4.59. The SMILES string of the molecule is CC(C(=O)Nc1ccccc1)N1CCN(C2CNC2)CC1. The molecule has 1 amide bonds. The van der Waals surface area contributed by atoms with Gasteiger partial charge in [0.15, 0.2) is 0 Å². The molecule has 0 radical (unpaired) electrons. The number of piperazine rings is 1. The molecule has 21 heavy (non-hydrogen) atoms. The molecule has 1 unspecified atom stereocenters. The maximum atomic E-state index is 12.3. The topological polar surface area (TPSA) is 47.6 Å². The summed E-state index contributed by atoms with van der Waals surface area (Å²) < 4.78 is 0. The van der Waals surface area contributed by atoms with Gasteiger partial charge in [0.2, 0.25) is 5.91 Å². The van der Waals surface area contributed by atoms with Crippen LogP contribution in [-0.2, 0) is 4.79 Å². The fraction of sp³-hybridized carbons (Fsp3) is 0.562. The van der Waals surface area contributed by atoms with Crippen LogP contribution in [0.25, 0.3) is 0 Å². The van der Waals surface area contributed by atoms with Crippen molar-refractivity contribution in [3.63, 3.8) is 0 Å². The Kier molecular flexibility index (Phi) is 4.53. The monoisotopic (exact) mass is 288 g/mol. The van der Waals surface area contributed by atoms with Gasteiger partial charge in [0.25, 0.3) is 0 Å². The Morgan fingerprint density at radius 2 is 1.86 bits per heavy atom. The first-order valence-electron chi connectivity index (χ1n) is 7.79. The van der Waals surface area contributed by atoms with E-state index in [2.05, 4.69) is 20.4 Å². The molecule has 2 heterocycles. The molecule has 0 spiro atoms. The van der Waals surface area contributed by atoms with Crippen LogP contribution < -0.4 is 10.6 Å². The van der Waals surface area contributed by atoms with Gasteiger partial charge in [-0.2, -0.15) is 0 Å². The Balaban J connectivity index is 1.49. The van der Waals surface area contributed by atoms with Crippen LogP contribution in [0.2, 0.25) is 0 Å². The molecule has 1 aromatic carbocycles. The molecule has 2 aliphatic heterocycles. The third kappa shape index (κ3) is 3.43. The number of hydrogen-bond donors (Lipinski definition) is 2. The number of amides is 1. The predicted molar refractivity (Wildman–Crippen MR) is 84.3 cm³/mol. The smallest absolute Gasteiger partial charge is 0.241 e. The average Bonchev–Trinajstić information content (AvgIpc) is 2.46. The van der Waals surface area contributed by atoms with Crippen LogP contribution in [0.1, 0.15) is 6.92 Å². The number of nitrogens with one attached hydrogen (secondary N) is 2. The minimum absolute atomic E-state index is 0.0770. The van der Waals surface area contributed by atoms with Gasteiger partial charge in [-0.3, -0.25) is 14.6 Å². The summed E-state index contributed by atoms with van der Waals surface area (Å²) in [6.07, 6.45) is 0. The van der Waals surface area contributed by atoms with Crippen molar-refractivity contribution in [2.45, 2.75) is 19.0 Å². The van der Waals surface area contributed by atoms with Crippen LogP contribution in [0, 0.1) is 0 Å². The Labute approximate surface area is 126 Å². The van der Waals surface area contributed by atoms with Crippen molar-refractivity contribution >= 4 is 11.6 Å². The fourth-order valence-electron chi connectivity index (χ4n) is 2.96. The first-order chi connectivity index (χ1) is 10.2. The number of carbonyl (C=O) groups is 1. The molecule has 0 bridgehead atoms. The third-order valence-electron chi connectivity index (χ3n) is 4.59. The average molecular weight is 288 g/mol. The zero-order valence-electron chi connectivity index (χ0n) is 12.6. The molecule has 1 aromatic rings. The number of rotatable bonds is 4. The lowest BCUT2D eigenvalue weighted by Crippen LogP contribution is -2.62. The van der Waals surface area contributed by atoms with E-state index in [4.69, 9.17) is 0 Å². The van der Waals surface area contributed by atoms with Crippen molar-refractivity contribution in [3.8, 4) is 0 Å². The summed E-state index contributed by atoms with van der Waals surface area (Å²) in [5.41, 5.74) is 0.869. The van der Waals surface area contributed by atoms with Gasteiger partial charge in [-0.05, 0) is 19.1 Å². The van der Waals surface area contributed by atoms with Gasteiger partial charge >= 0.3 is 0 Å². The van der Waals surface area contributed by atoms with Crippen molar-refractivity contribution in [1.82, 2.24) is 15.1 Å². The number of nitrogens with zero attached hydrogens (tertiary/aromatic N) is 2. The molecular formula is C16H24N4O. The van der Waals surface area contributed by atoms with Crippen LogP contribution in [0.3, 0.4) is 0 Å². The van der Waals surface area contributed by atoms with Crippen LogP contribution in [-0.4, -0.2) is 67.1 Å². The Morgan fingerprint density at radius 3 is 2.43 bits per heavy atom. The molecule has 0 aromatic heterocycles. The molecule has 2 saturated heterocycles. The lowest BCUT2D eigenvalue weighted by Gasteiger charge is -2.44. The molecule has 0 aliphatic carbocycles. The number of para-hydroxylation sites is 1. The Bertz CT molecular complexity index is 466. The van der Waals surface area contributed by atoms with Crippen molar-refractivity contribution in [2.24, 2.45) is 0 Å². The molecule has 3 rings (SSSR count). The molecule has 5 heteroatoms. The van der Waals surface area contributed by atoms with E-state index in [0.717, 1.165) is 45.0 Å². The quantitative estimate of drug-likeness (QED) is 0.852. The van der Waals surface area contributed by atoms with Crippen molar-refractivity contribution in [2.75, 3.05) is 44.6 Å². The van der Waals surface area contributed by atoms with E-state index in [1.54, 1.807) is 0 Å². The highest BCUT2D eigenvalue weighted by Gasteiger charge is 2.30. The molecule has 1 atom stereocenters. The number of anilines is 1. The van der Waals surface area contributed by atoms with E-state index >= 15 is 0 Å². The molecule has 2 aliphatic rings. The summed E-state index contributed by atoms with van der Waals surface area (Å²) in [5, 5.41) is 6.31. The normalized spacial score (nSPS) is 22.5. The van der Waals surface area contributed by atoms with Gasteiger partial charge in [-0.15, -0.1) is 0 Å². The van der Waals surface area contributed by atoms with E-state index in [1.165, 1.54) is 0 Å². The predicted octanol–water partition coefficient (Wildman–Crippen LogP) is 0.603. The highest BCUT2D eigenvalue weighted by atomic mass is 16.2. The minimum Gasteiger partial charge on any atom is -0.325 e. The summed E-state index contributed by atoms with van der Waals surface area (Å²) in [6.45, 7) is 8.30. The maximum absolute atomic E-state index is 12.3. The molecule has 114 valence electrons. The van der Waals surface area contributed by atoms with Crippen LogP contribution >= 0.6 is 0 Å². The summed E-state index contributed by atoms with van der Waals surface area (Å²) in [5.74, 6) is 0.0833. The zero-order chi connectivity index (χ0) is 14.7. The number of hydrogen-bond acceptors (Lipinski definition) is 4. The number of carbonyl (C=O) groups excluding carboxylic acids is 1. The van der Waals surface area contributed by atoms with Crippen molar-refractivity contribution in [1.29, 1.82) is 0 Å². The molecule has 5 nitrogen and oxygen atoms in total. The zero-order valence-corrected chi connectivity index (χ0v) is 12.6. The summed E-state index contributed by atoms with van der Waals surface area (Å²) in [7, 11) is 0. The summed E-state index contributed by atoms with van der Waals surface area (Å²) >= 11 is 0. The van der Waals surface area contributed by atoms with Crippen LogP contribution in [0.15, 0.2) is 30.3 Å². The number of benzene rings is 1. The molecule has 2 fully saturated rings. The maximum Gasteiger partial charge on any atom is 0.241 e. The van der Waals surface area contributed by atoms with E-state index in [-0.39, 0.29) is 11.9 Å². The lowest BCUT2D eigenvalue weighted by molar-refractivity contribution is -0.121. The summed E-state index contributed by atoms with van der Waals surface area (Å²) in [6, 6.07) is 10.3. The highest BCUT2D eigenvalue weighted by molar-refractivity contribution is 5.94. The second-order valence-electron chi connectivity index (χ2n) is 5.92. The molecule has 0 saturated carbocycles. The standard InChI is InChI=1S/C16H24N4O/c1-13(16(21)18-14-5-3-2-4-6-14)19-7-9-20(10-8-19)15-11-17-12-15/h2-6,13,15,17H,7-12H2,1H3,(H,18,21). The molecule has 2 N–H and O–H groups in total. The molecular weight excluding hydrogens is 264 g/mol. The Morgan fingerprint density at radius 1 is 1.19 bits per heavy atom. The fourth-order valence-corrected chi connectivity index (χ4v) is 2.96. The largest absolute Gasteiger partial charge is 0.325 e. The van der Waals surface area contributed by atoms with Gasteiger partial charge in [0, 0.05) is 51.0 Å². The van der Waals surface area contributed by atoms with Crippen LogP contribution in [0.4, 0.5) is 5.69 Å². The van der Waals surface area contributed by atoms with E-state index in [0.29, 0.717) is 6.04 Å². The van der Waals surface area contributed by atoms with Gasteiger partial charge in [-0.1, -0.05) is 18.2 Å². The highest BCUT2D eigenvalue weighted by Crippen LogP contribution is 2.13. The second kappa shape index (κ2) is 6.56. The van der Waals surface area contributed by atoms with Crippen molar-refractivity contribution < 1.29 is 4.79 Å². The first kappa shape index (κ1) is 14.5. The lowest BCUT2D eigenvalue weighted by atomic mass is 10.1. The van der Waals surface area contributed by atoms with Gasteiger partial charge in [-0.25, -0.2) is 0 Å².